The van der Waals surface area contributed by atoms with Gasteiger partial charge in [0.05, 0.1) is 31.5 Å². The molecule has 0 spiro atoms. The number of rotatable bonds is 8. The van der Waals surface area contributed by atoms with Crippen LogP contribution in [0.25, 0.3) is 10.2 Å². The molecular weight excluding hydrogens is 522 g/mol. The van der Waals surface area contributed by atoms with E-state index in [2.05, 4.69) is 32.3 Å². The zero-order valence-electron chi connectivity index (χ0n) is 19.9. The highest BCUT2D eigenvalue weighted by Crippen LogP contribution is 2.28. The van der Waals surface area contributed by atoms with Crippen LogP contribution in [0.5, 0.6) is 0 Å². The van der Waals surface area contributed by atoms with Crippen molar-refractivity contribution in [3.8, 4) is 0 Å². The monoisotopic (exact) mass is 549 g/mol. The summed E-state index contributed by atoms with van der Waals surface area (Å²) in [6.45, 7) is 7.93. The van der Waals surface area contributed by atoms with Crippen LogP contribution in [0.1, 0.15) is 23.7 Å². The second-order valence-electron chi connectivity index (χ2n) is 8.48. The number of carbonyl (C=O) groups excluding carboxylic acids is 2. The van der Waals surface area contributed by atoms with Crippen molar-refractivity contribution in [2.75, 3.05) is 50.3 Å². The fourth-order valence-corrected chi connectivity index (χ4v) is 6.54. The number of fused-ring (bicyclic) bond motifs is 1. The van der Waals surface area contributed by atoms with Gasteiger partial charge in [-0.3, -0.25) is 15.4 Å². The molecule has 3 aromatic rings. The molecule has 2 heterocycles. The number of benzene rings is 2. The number of piperazine rings is 1. The van der Waals surface area contributed by atoms with E-state index in [0.29, 0.717) is 16.6 Å². The molecule has 12 heteroatoms. The number of likely N-dealkylation sites (N-methyl/N-ethyl adjacent to an activating group) is 1. The first-order chi connectivity index (χ1) is 17.2. The highest BCUT2D eigenvalue weighted by molar-refractivity contribution is 7.91. The number of aromatic nitrogens is 1. The molecule has 1 aromatic heterocycles. The molecule has 192 valence electrons. The van der Waals surface area contributed by atoms with Gasteiger partial charge in [0.15, 0.2) is 15.0 Å². The lowest BCUT2D eigenvalue weighted by molar-refractivity contribution is 0.0967. The smallest absolute Gasteiger partial charge is 0.301 e. The van der Waals surface area contributed by atoms with Gasteiger partial charge in [-0.25, -0.2) is 18.2 Å². The molecule has 0 bridgehead atoms. The van der Waals surface area contributed by atoms with Crippen molar-refractivity contribution >= 4 is 60.1 Å². The number of urea groups is 1. The molecular formula is C24H28ClN5O4S2. The van der Waals surface area contributed by atoms with E-state index in [-0.39, 0.29) is 26.4 Å². The summed E-state index contributed by atoms with van der Waals surface area (Å²) >= 11 is 7.13. The third-order valence-electron chi connectivity index (χ3n) is 6.08. The van der Waals surface area contributed by atoms with Crippen molar-refractivity contribution in [2.24, 2.45) is 0 Å². The largest absolute Gasteiger partial charge is 0.327 e. The van der Waals surface area contributed by atoms with Crippen LogP contribution in [-0.4, -0.2) is 80.2 Å². The molecule has 0 saturated carbocycles. The highest BCUT2D eigenvalue weighted by Gasteiger charge is 2.20. The standard InChI is InChI=1S/C24H28ClN5O4S2/c1-2-29-11-13-30(14-12-29)10-5-15-36(33,34)17-8-9-20-21(16-17)35-24(26-20)28-23(32)27-22(31)18-6-3-4-7-19(18)25/h3-4,6-9,16H,2,5,10-15H2,1H3,(H2,26,27,28,31,32). The molecule has 0 unspecified atom stereocenters. The number of halogens is 1. The first-order valence-electron chi connectivity index (χ1n) is 11.7. The number of nitrogens with zero attached hydrogens (tertiary/aromatic N) is 3. The summed E-state index contributed by atoms with van der Waals surface area (Å²) in [7, 11) is -3.45. The van der Waals surface area contributed by atoms with E-state index < -0.39 is 21.8 Å². The number of hydrogen-bond acceptors (Lipinski definition) is 8. The zero-order chi connectivity index (χ0) is 25.7. The minimum Gasteiger partial charge on any atom is -0.301 e. The number of carbonyl (C=O) groups is 2. The van der Waals surface area contributed by atoms with Crippen LogP contribution in [0.2, 0.25) is 5.02 Å². The Bertz CT molecular complexity index is 1350. The van der Waals surface area contributed by atoms with Gasteiger partial charge in [0.2, 0.25) is 0 Å². The van der Waals surface area contributed by atoms with Crippen molar-refractivity contribution in [1.82, 2.24) is 20.1 Å². The number of hydrogen-bond donors (Lipinski definition) is 2. The second-order valence-corrected chi connectivity index (χ2v) is 12.0. The van der Waals surface area contributed by atoms with E-state index in [1.165, 1.54) is 6.07 Å². The molecule has 2 N–H and O–H groups in total. The molecule has 0 atom stereocenters. The zero-order valence-corrected chi connectivity index (χ0v) is 22.3. The topological polar surface area (TPSA) is 112 Å². The van der Waals surface area contributed by atoms with Crippen LogP contribution >= 0.6 is 22.9 Å². The van der Waals surface area contributed by atoms with Crippen LogP contribution in [-0.2, 0) is 9.84 Å². The van der Waals surface area contributed by atoms with Crippen LogP contribution in [0.3, 0.4) is 0 Å². The number of nitrogens with one attached hydrogen (secondary N) is 2. The van der Waals surface area contributed by atoms with E-state index in [0.717, 1.165) is 50.6 Å². The maximum atomic E-state index is 12.9. The SMILES string of the molecule is CCN1CCN(CCCS(=O)(=O)c2ccc3nc(NC(=O)NC(=O)c4ccccc4Cl)sc3c2)CC1. The van der Waals surface area contributed by atoms with Crippen LogP contribution in [0.4, 0.5) is 9.93 Å². The number of sulfone groups is 1. The molecule has 1 fully saturated rings. The molecule has 1 aliphatic rings. The summed E-state index contributed by atoms with van der Waals surface area (Å²) in [5.74, 6) is -0.567. The molecule has 1 saturated heterocycles. The summed E-state index contributed by atoms with van der Waals surface area (Å²) in [5, 5.41) is 5.21. The minimum absolute atomic E-state index is 0.0724. The molecule has 2 aromatic carbocycles. The van der Waals surface area contributed by atoms with Gasteiger partial charge >= 0.3 is 6.03 Å². The number of amides is 3. The first kappa shape index (κ1) is 26.5. The van der Waals surface area contributed by atoms with Crippen molar-refractivity contribution in [1.29, 1.82) is 0 Å². The Balaban J connectivity index is 1.34. The van der Waals surface area contributed by atoms with Crippen molar-refractivity contribution < 1.29 is 18.0 Å². The van der Waals surface area contributed by atoms with Gasteiger partial charge in [-0.05, 0) is 49.8 Å². The molecule has 3 amide bonds. The lowest BCUT2D eigenvalue weighted by atomic mass is 10.2. The molecule has 0 radical (unpaired) electrons. The van der Waals surface area contributed by atoms with Crippen LogP contribution in [0.15, 0.2) is 47.4 Å². The summed E-state index contributed by atoms with van der Waals surface area (Å²) in [5.41, 5.74) is 0.733. The maximum absolute atomic E-state index is 12.9. The minimum atomic E-state index is -3.45. The highest BCUT2D eigenvalue weighted by atomic mass is 35.5. The van der Waals surface area contributed by atoms with Gasteiger partial charge in [0, 0.05) is 26.2 Å². The molecule has 1 aliphatic heterocycles. The quantitative estimate of drug-likeness (QED) is 0.440. The Kier molecular flexibility index (Phi) is 8.58. The summed E-state index contributed by atoms with van der Waals surface area (Å²) in [4.78, 5) is 33.8. The van der Waals surface area contributed by atoms with E-state index in [9.17, 15) is 18.0 Å². The number of thiazole rings is 1. The lowest BCUT2D eigenvalue weighted by Crippen LogP contribution is -2.46. The van der Waals surface area contributed by atoms with Crippen molar-refractivity contribution in [2.45, 2.75) is 18.2 Å². The normalized spacial score (nSPS) is 15.2. The van der Waals surface area contributed by atoms with E-state index in [4.69, 9.17) is 11.6 Å². The Morgan fingerprint density at radius 3 is 2.53 bits per heavy atom. The summed E-state index contributed by atoms with van der Waals surface area (Å²) < 4.78 is 26.5. The van der Waals surface area contributed by atoms with Crippen LogP contribution < -0.4 is 10.6 Å². The predicted octanol–water partition coefficient (Wildman–Crippen LogP) is 3.71. The molecule has 36 heavy (non-hydrogen) atoms. The lowest BCUT2D eigenvalue weighted by Gasteiger charge is -2.33. The average molecular weight is 550 g/mol. The predicted molar refractivity (Wildman–Crippen MR) is 143 cm³/mol. The number of anilines is 1. The average Bonchev–Trinajstić information content (AvgIpc) is 3.26. The Hall–Kier alpha value is -2.57. The van der Waals surface area contributed by atoms with Crippen LogP contribution in [0, 0.1) is 0 Å². The third-order valence-corrected chi connectivity index (χ3v) is 9.15. The summed E-state index contributed by atoms with van der Waals surface area (Å²) in [6, 6.07) is 10.4. The summed E-state index contributed by atoms with van der Waals surface area (Å²) in [6.07, 6.45) is 0.571. The van der Waals surface area contributed by atoms with Gasteiger partial charge in [-0.15, -0.1) is 0 Å². The van der Waals surface area contributed by atoms with Crippen molar-refractivity contribution in [3.05, 3.63) is 53.1 Å². The molecule has 4 rings (SSSR count). The Morgan fingerprint density at radius 2 is 1.81 bits per heavy atom. The fraction of sp³-hybridized carbons (Fsp3) is 0.375. The van der Waals surface area contributed by atoms with Gasteiger partial charge in [-0.1, -0.05) is 42.0 Å². The van der Waals surface area contributed by atoms with Gasteiger partial charge in [0.25, 0.3) is 5.91 Å². The molecule has 9 nitrogen and oxygen atoms in total. The third kappa shape index (κ3) is 6.60. The van der Waals surface area contributed by atoms with Gasteiger partial charge in [0.1, 0.15) is 0 Å². The molecule has 0 aliphatic carbocycles. The maximum Gasteiger partial charge on any atom is 0.327 e. The second kappa shape index (κ2) is 11.7. The van der Waals surface area contributed by atoms with E-state index in [1.807, 2.05) is 0 Å². The van der Waals surface area contributed by atoms with Gasteiger partial charge < -0.3 is 9.80 Å². The van der Waals surface area contributed by atoms with Crippen molar-refractivity contribution in [3.63, 3.8) is 0 Å². The van der Waals surface area contributed by atoms with E-state index in [1.54, 1.807) is 36.4 Å². The van der Waals surface area contributed by atoms with Gasteiger partial charge in [-0.2, -0.15) is 0 Å². The first-order valence-corrected chi connectivity index (χ1v) is 14.5. The Morgan fingerprint density at radius 1 is 1.08 bits per heavy atom. The fourth-order valence-electron chi connectivity index (χ4n) is 4.02. The number of imide groups is 1. The van der Waals surface area contributed by atoms with E-state index >= 15 is 0 Å². The Labute approximate surface area is 219 Å².